The molecule has 5 heterocycles. The molecule has 28 atom stereocenters. The molecule has 420 valence electrons. The van der Waals surface area contributed by atoms with E-state index in [1.165, 1.54) is 13.8 Å². The number of carbonyl (C=O) groups is 2. The minimum absolute atomic E-state index is 0.0654. The summed E-state index contributed by atoms with van der Waals surface area (Å²) in [5.41, 5.74) is 0. The quantitative estimate of drug-likeness (QED) is 0.0428. The van der Waals surface area contributed by atoms with E-state index >= 15 is 0 Å². The topological polar surface area (TPSA) is 399 Å². The van der Waals surface area contributed by atoms with Crippen molar-refractivity contribution in [3.05, 3.63) is 0 Å². The highest BCUT2D eigenvalue weighted by Gasteiger charge is 2.53. The lowest BCUT2D eigenvalue weighted by molar-refractivity contribution is -0.369. The molecule has 0 amide bonds. The predicted molar refractivity (Wildman–Crippen MR) is 238 cm³/mol. The van der Waals surface area contributed by atoms with E-state index in [4.69, 9.17) is 52.1 Å². The number of hydrogen-bond donors (Lipinski definition) is 13. The molecule has 0 saturated carbocycles. The first-order valence-electron chi connectivity index (χ1n) is 24.9. The van der Waals surface area contributed by atoms with Crippen LogP contribution in [0.1, 0.15) is 87.0 Å². The van der Waals surface area contributed by atoms with E-state index in [0.717, 1.165) is 0 Å². The fourth-order valence-corrected chi connectivity index (χ4v) is 9.32. The van der Waals surface area contributed by atoms with Gasteiger partial charge in [-0.1, -0.05) is 40.5 Å². The van der Waals surface area contributed by atoms with E-state index < -0.39 is 204 Å². The van der Waals surface area contributed by atoms with Crippen molar-refractivity contribution in [2.24, 2.45) is 11.8 Å². The third-order valence-electron chi connectivity index (χ3n) is 14.3. The summed E-state index contributed by atoms with van der Waals surface area (Å²) in [6, 6.07) is 0. The monoisotopic (exact) mass is 1050 g/mol. The van der Waals surface area contributed by atoms with E-state index in [1.807, 2.05) is 20.8 Å². The van der Waals surface area contributed by atoms with Crippen molar-refractivity contribution in [3.63, 3.8) is 0 Å². The highest BCUT2D eigenvalue weighted by molar-refractivity contribution is 5.71. The molecule has 5 fully saturated rings. The summed E-state index contributed by atoms with van der Waals surface area (Å²) in [5.74, 6) is -2.21. The van der Waals surface area contributed by atoms with Crippen molar-refractivity contribution in [2.75, 3.05) is 19.8 Å². The van der Waals surface area contributed by atoms with Crippen LogP contribution in [0.25, 0.3) is 0 Å². The molecular weight excluding hydrogens is 968 g/mol. The van der Waals surface area contributed by atoms with E-state index in [2.05, 4.69) is 0 Å². The second-order valence-electron chi connectivity index (χ2n) is 19.9. The van der Waals surface area contributed by atoms with Gasteiger partial charge in [-0.3, -0.25) is 9.59 Å². The SMILES string of the molecule is CC[C@H](C)[C@H](C[C@H](O)CC(=O)OC1C(C)OC(C)C(OC2OC(C)C(OC3OCC(O)C(OC4OCC(O)C(O)C4O)C3O)C(O)C2O)C1O)OC(=O)C[C@@H](O)C[C@H](OC1OC(CO)C(O)C1O)[C@@H](C)CC. The Labute approximate surface area is 417 Å². The number of aliphatic hydroxyl groups is 13. The number of hydrogen-bond acceptors (Lipinski definition) is 26. The standard InChI is InChI=1S/C46H80O26/c1-8-17(3)26(66-29(52)12-23(49)11-27(18(4)9-2)67-46-35(58)32(55)28(14-47)68-46)10-22(48)13-30(53)69-40-19(5)64-20(6)41(37(40)60)71-45-36(59)33(56)39(21(7)65-45)70-44-38(61)42(25(51)16-63-44)72-43-34(57)31(54)24(50)15-62-43/h17-28,31-51,54-61H,8-16H2,1-7H3/t17-,18-,19?,20?,21?,22-,23-,24?,25?,26-,27-,28?,31?,32?,33?,34?,35?,36?,37?,38?,39?,40?,41?,42?,43?,44?,45?,46?/m0/s1. The van der Waals surface area contributed by atoms with Gasteiger partial charge in [0.15, 0.2) is 31.3 Å². The van der Waals surface area contributed by atoms with Crippen molar-refractivity contribution < 1.29 is 128 Å². The fourth-order valence-electron chi connectivity index (χ4n) is 9.32. The highest BCUT2D eigenvalue weighted by Crippen LogP contribution is 2.34. The van der Waals surface area contributed by atoms with E-state index in [0.29, 0.717) is 12.8 Å². The third-order valence-corrected chi connectivity index (χ3v) is 14.3. The van der Waals surface area contributed by atoms with Crippen LogP contribution in [0.3, 0.4) is 0 Å². The first-order valence-corrected chi connectivity index (χ1v) is 24.9. The molecule has 5 saturated heterocycles. The van der Waals surface area contributed by atoms with Crippen LogP contribution in [0, 0.1) is 11.8 Å². The van der Waals surface area contributed by atoms with Crippen LogP contribution in [0.15, 0.2) is 0 Å². The zero-order chi connectivity index (χ0) is 53.5. The van der Waals surface area contributed by atoms with Gasteiger partial charge < -0.3 is 118 Å². The molecule has 72 heavy (non-hydrogen) atoms. The predicted octanol–water partition coefficient (Wildman–Crippen LogP) is -4.68. The van der Waals surface area contributed by atoms with Gasteiger partial charge >= 0.3 is 11.9 Å². The zero-order valence-electron chi connectivity index (χ0n) is 41.7. The lowest BCUT2D eigenvalue weighted by Gasteiger charge is -2.47. The highest BCUT2D eigenvalue weighted by atomic mass is 16.8. The van der Waals surface area contributed by atoms with E-state index in [1.54, 1.807) is 13.8 Å². The van der Waals surface area contributed by atoms with Crippen molar-refractivity contribution in [1.82, 2.24) is 0 Å². The Kier molecular flexibility index (Phi) is 23.2. The molecule has 0 aromatic carbocycles. The molecule has 0 bridgehead atoms. The number of ether oxygens (including phenoxy) is 11. The number of carbonyl (C=O) groups excluding carboxylic acids is 2. The molecule has 5 rings (SSSR count). The lowest BCUT2D eigenvalue weighted by atomic mass is 9.94. The van der Waals surface area contributed by atoms with Gasteiger partial charge in [-0.05, 0) is 32.6 Å². The molecule has 5 aliphatic heterocycles. The van der Waals surface area contributed by atoms with Gasteiger partial charge in [0.05, 0.1) is 69.3 Å². The zero-order valence-corrected chi connectivity index (χ0v) is 41.7. The summed E-state index contributed by atoms with van der Waals surface area (Å²) < 4.78 is 62.5. The summed E-state index contributed by atoms with van der Waals surface area (Å²) in [4.78, 5) is 26.5. The van der Waals surface area contributed by atoms with Gasteiger partial charge in [0, 0.05) is 12.8 Å². The maximum atomic E-state index is 13.3. The second-order valence-corrected chi connectivity index (χ2v) is 19.9. The van der Waals surface area contributed by atoms with Crippen molar-refractivity contribution >= 4 is 11.9 Å². The molecule has 0 aromatic heterocycles. The van der Waals surface area contributed by atoms with Gasteiger partial charge in [0.1, 0.15) is 91.6 Å². The van der Waals surface area contributed by atoms with E-state index in [-0.39, 0.29) is 24.7 Å². The normalized spacial score (nSPS) is 43.3. The Morgan fingerprint density at radius 1 is 0.528 bits per heavy atom. The molecule has 13 N–H and O–H groups in total. The molecule has 22 unspecified atom stereocenters. The second kappa shape index (κ2) is 27.4. The van der Waals surface area contributed by atoms with Crippen molar-refractivity contribution in [3.8, 4) is 0 Å². The summed E-state index contributed by atoms with van der Waals surface area (Å²) >= 11 is 0. The first kappa shape index (κ1) is 60.9. The Bertz CT molecular complexity index is 1650. The summed E-state index contributed by atoms with van der Waals surface area (Å²) in [6.45, 7) is 10.4. The van der Waals surface area contributed by atoms with Crippen LogP contribution in [-0.4, -0.2) is 258 Å². The molecule has 0 aromatic rings. The van der Waals surface area contributed by atoms with Gasteiger partial charge in [-0.25, -0.2) is 0 Å². The minimum Gasteiger partial charge on any atom is -0.462 e. The molecule has 26 heteroatoms. The summed E-state index contributed by atoms with van der Waals surface area (Å²) in [5, 5.41) is 138. The Hall–Kier alpha value is -1.94. The lowest BCUT2D eigenvalue weighted by Crippen LogP contribution is -2.65. The van der Waals surface area contributed by atoms with Crippen molar-refractivity contribution in [2.45, 2.75) is 246 Å². The maximum absolute atomic E-state index is 13.3. The van der Waals surface area contributed by atoms with Crippen LogP contribution in [0.2, 0.25) is 0 Å². The molecule has 0 aliphatic carbocycles. The number of esters is 2. The van der Waals surface area contributed by atoms with Crippen LogP contribution in [0.4, 0.5) is 0 Å². The first-order chi connectivity index (χ1) is 33.9. The third kappa shape index (κ3) is 15.2. The number of aliphatic hydroxyl groups excluding tert-OH is 13. The average molecular weight is 1050 g/mol. The van der Waals surface area contributed by atoms with Gasteiger partial charge in [-0.2, -0.15) is 0 Å². The van der Waals surface area contributed by atoms with Crippen LogP contribution >= 0.6 is 0 Å². The van der Waals surface area contributed by atoms with Crippen molar-refractivity contribution in [1.29, 1.82) is 0 Å². The van der Waals surface area contributed by atoms with Crippen LogP contribution in [-0.2, 0) is 61.7 Å². The van der Waals surface area contributed by atoms with Crippen LogP contribution < -0.4 is 0 Å². The van der Waals surface area contributed by atoms with Gasteiger partial charge in [0.25, 0.3) is 0 Å². The Balaban J connectivity index is 1.11. The maximum Gasteiger partial charge on any atom is 0.308 e. The average Bonchev–Trinajstić information content (AvgIpc) is 3.60. The fraction of sp³-hybridized carbons (Fsp3) is 0.957. The molecule has 5 aliphatic rings. The molecule has 0 spiro atoms. The van der Waals surface area contributed by atoms with Gasteiger partial charge in [-0.15, -0.1) is 0 Å². The summed E-state index contributed by atoms with van der Waals surface area (Å²) in [6.07, 6.45) is -36.2. The van der Waals surface area contributed by atoms with Gasteiger partial charge in [0.2, 0.25) is 0 Å². The molecule has 0 radical (unpaired) electrons. The Morgan fingerprint density at radius 3 is 1.62 bits per heavy atom. The van der Waals surface area contributed by atoms with Crippen LogP contribution in [0.5, 0.6) is 0 Å². The minimum atomic E-state index is -1.85. The summed E-state index contributed by atoms with van der Waals surface area (Å²) in [7, 11) is 0. The molecule has 26 nitrogen and oxygen atoms in total. The smallest absolute Gasteiger partial charge is 0.308 e. The largest absolute Gasteiger partial charge is 0.462 e. The number of rotatable bonds is 23. The Morgan fingerprint density at radius 2 is 1.01 bits per heavy atom. The molecular formula is C46H80O26. The van der Waals surface area contributed by atoms with E-state index in [9.17, 15) is 76.0 Å².